The fraction of sp³-hybridized carbons (Fsp3) is 0.280. The first-order chi connectivity index (χ1) is 16.3. The molecule has 4 rings (SSSR count). The van der Waals surface area contributed by atoms with Crippen molar-refractivity contribution < 1.29 is 28.2 Å². The molecule has 1 aliphatic rings. The van der Waals surface area contributed by atoms with Crippen molar-refractivity contribution in [2.45, 2.75) is 17.7 Å². The van der Waals surface area contributed by atoms with Gasteiger partial charge in [-0.3, -0.25) is 0 Å². The van der Waals surface area contributed by atoms with Crippen molar-refractivity contribution >= 4 is 32.7 Å². The molecule has 0 radical (unpaired) electrons. The van der Waals surface area contributed by atoms with E-state index in [0.29, 0.717) is 18.0 Å². The van der Waals surface area contributed by atoms with Gasteiger partial charge in [-0.1, -0.05) is 60.7 Å². The first-order valence-corrected chi connectivity index (χ1v) is 12.4. The highest BCUT2D eigenvalue weighted by molar-refractivity contribution is 7.89. The van der Waals surface area contributed by atoms with Crippen LogP contribution in [0.4, 0.5) is 0 Å². The fourth-order valence-corrected chi connectivity index (χ4v) is 5.28. The maximum atomic E-state index is 13.0. The summed E-state index contributed by atoms with van der Waals surface area (Å²) in [5.41, 5.74) is 1.36. The van der Waals surface area contributed by atoms with E-state index in [9.17, 15) is 8.42 Å². The first kappa shape index (κ1) is 25.4. The zero-order valence-electron chi connectivity index (χ0n) is 18.7. The molecule has 3 aromatic carbocycles. The quantitative estimate of drug-likeness (QED) is 0.517. The third-order valence-corrected chi connectivity index (χ3v) is 7.55. The summed E-state index contributed by atoms with van der Waals surface area (Å²) in [6.45, 7) is 3.71. The van der Waals surface area contributed by atoms with Crippen LogP contribution in [0.5, 0.6) is 0 Å². The maximum Gasteiger partial charge on any atom is 0.414 e. The Morgan fingerprint density at radius 1 is 0.765 bits per heavy atom. The largest absolute Gasteiger partial charge is 0.473 e. The molecule has 1 aliphatic heterocycles. The summed E-state index contributed by atoms with van der Waals surface area (Å²) in [4.78, 5) is 21.0. The zero-order chi connectivity index (χ0) is 24.6. The van der Waals surface area contributed by atoms with E-state index in [1.165, 1.54) is 5.56 Å². The van der Waals surface area contributed by atoms with E-state index in [4.69, 9.17) is 19.8 Å². The first-order valence-electron chi connectivity index (χ1n) is 11.0. The molecule has 0 spiro atoms. The lowest BCUT2D eigenvalue weighted by atomic mass is 10.1. The predicted molar refractivity (Wildman–Crippen MR) is 129 cm³/mol. The van der Waals surface area contributed by atoms with Gasteiger partial charge in [0.2, 0.25) is 10.0 Å². The van der Waals surface area contributed by atoms with Crippen LogP contribution in [-0.4, -0.2) is 72.5 Å². The Labute approximate surface area is 199 Å². The smallest absolute Gasteiger partial charge is 0.414 e. The topological polar surface area (TPSA) is 115 Å². The summed E-state index contributed by atoms with van der Waals surface area (Å²) in [6, 6.07) is 23.8. The molecule has 1 saturated heterocycles. The number of carboxylic acids is 2. The van der Waals surface area contributed by atoms with Crippen LogP contribution in [0.15, 0.2) is 77.7 Å². The number of rotatable bonds is 6. The zero-order valence-corrected chi connectivity index (χ0v) is 19.5. The lowest BCUT2D eigenvalue weighted by Crippen LogP contribution is -2.48. The van der Waals surface area contributed by atoms with Crippen molar-refractivity contribution in [1.82, 2.24) is 9.21 Å². The number of sulfonamides is 1. The highest BCUT2D eigenvalue weighted by atomic mass is 32.2. The third-order valence-electron chi connectivity index (χ3n) is 5.66. The van der Waals surface area contributed by atoms with Crippen molar-refractivity contribution in [2.24, 2.45) is 0 Å². The van der Waals surface area contributed by atoms with Gasteiger partial charge in [-0.2, -0.15) is 4.31 Å². The second-order valence-electron chi connectivity index (χ2n) is 7.95. The summed E-state index contributed by atoms with van der Waals surface area (Å²) in [5.74, 6) is -3.65. The molecule has 0 aromatic heterocycles. The van der Waals surface area contributed by atoms with E-state index in [0.717, 1.165) is 43.2 Å². The molecule has 1 heterocycles. The number of carboxylic acid groups (broad SMARTS) is 2. The Morgan fingerprint density at radius 3 is 1.97 bits per heavy atom. The number of fused-ring (bicyclic) bond motifs is 1. The average Bonchev–Trinajstić information content (AvgIpc) is 2.85. The van der Waals surface area contributed by atoms with Crippen LogP contribution in [0.25, 0.3) is 10.8 Å². The molecular weight excluding hydrogens is 456 g/mol. The molecule has 2 N–H and O–H groups in total. The van der Waals surface area contributed by atoms with E-state index >= 15 is 0 Å². The Bertz CT molecular complexity index is 1210. The van der Waals surface area contributed by atoms with Crippen molar-refractivity contribution in [3.8, 4) is 0 Å². The van der Waals surface area contributed by atoms with Crippen LogP contribution in [0.1, 0.15) is 12.0 Å². The molecule has 0 bridgehead atoms. The molecule has 1 fully saturated rings. The van der Waals surface area contributed by atoms with Gasteiger partial charge in [-0.15, -0.1) is 0 Å². The number of benzene rings is 3. The maximum absolute atomic E-state index is 13.0. The average molecular weight is 485 g/mol. The molecule has 0 unspecified atom stereocenters. The summed E-state index contributed by atoms with van der Waals surface area (Å²) in [5, 5.41) is 16.8. The Hall–Kier alpha value is -3.27. The summed E-state index contributed by atoms with van der Waals surface area (Å²) < 4.78 is 27.7. The second kappa shape index (κ2) is 11.7. The van der Waals surface area contributed by atoms with Crippen LogP contribution in [-0.2, 0) is 26.0 Å². The SMILES string of the molecule is O=C(O)C(=O)O.O=S(=O)(c1ccc2ccccc2c1)N1CCN(CCCc2ccccc2)CC1. The summed E-state index contributed by atoms with van der Waals surface area (Å²) in [6.07, 6.45) is 2.16. The minimum absolute atomic E-state index is 0.392. The van der Waals surface area contributed by atoms with Crippen LogP contribution >= 0.6 is 0 Å². The number of nitrogens with zero attached hydrogens (tertiary/aromatic N) is 2. The fourth-order valence-electron chi connectivity index (χ4n) is 3.82. The number of piperazine rings is 1. The van der Waals surface area contributed by atoms with Gasteiger partial charge in [0.1, 0.15) is 0 Å². The van der Waals surface area contributed by atoms with Crippen LogP contribution in [0, 0.1) is 0 Å². The Kier molecular flexibility index (Phi) is 8.75. The number of hydrogen-bond acceptors (Lipinski definition) is 5. The van der Waals surface area contributed by atoms with E-state index in [-0.39, 0.29) is 0 Å². The van der Waals surface area contributed by atoms with Crippen molar-refractivity contribution in [3.05, 3.63) is 78.4 Å². The van der Waals surface area contributed by atoms with E-state index in [1.807, 2.05) is 36.4 Å². The minimum atomic E-state index is -3.43. The van der Waals surface area contributed by atoms with Gasteiger partial charge in [0.05, 0.1) is 4.90 Å². The number of carbonyl (C=O) groups is 2. The summed E-state index contributed by atoms with van der Waals surface area (Å²) >= 11 is 0. The van der Waals surface area contributed by atoms with Crippen LogP contribution in [0.3, 0.4) is 0 Å². The van der Waals surface area contributed by atoms with Gasteiger partial charge in [0.15, 0.2) is 0 Å². The minimum Gasteiger partial charge on any atom is -0.473 e. The molecule has 0 amide bonds. The summed E-state index contributed by atoms with van der Waals surface area (Å²) in [7, 11) is -3.43. The lowest BCUT2D eigenvalue weighted by molar-refractivity contribution is -0.159. The van der Waals surface area contributed by atoms with Gasteiger partial charge < -0.3 is 15.1 Å². The molecule has 0 saturated carbocycles. The van der Waals surface area contributed by atoms with Crippen molar-refractivity contribution in [1.29, 1.82) is 0 Å². The second-order valence-corrected chi connectivity index (χ2v) is 9.89. The number of aryl methyl sites for hydroxylation is 1. The lowest BCUT2D eigenvalue weighted by Gasteiger charge is -2.34. The van der Waals surface area contributed by atoms with Gasteiger partial charge in [0, 0.05) is 26.2 Å². The predicted octanol–water partition coefficient (Wildman–Crippen LogP) is 2.93. The van der Waals surface area contributed by atoms with E-state index in [1.54, 1.807) is 16.4 Å². The Balaban J connectivity index is 0.000000481. The molecule has 9 heteroatoms. The van der Waals surface area contributed by atoms with Crippen LogP contribution < -0.4 is 0 Å². The van der Waals surface area contributed by atoms with Gasteiger partial charge in [0.25, 0.3) is 0 Å². The normalized spacial score (nSPS) is 14.8. The highest BCUT2D eigenvalue weighted by Crippen LogP contribution is 2.23. The van der Waals surface area contributed by atoms with E-state index < -0.39 is 22.0 Å². The molecule has 0 aliphatic carbocycles. The number of hydrogen-bond donors (Lipinski definition) is 2. The van der Waals surface area contributed by atoms with Crippen LogP contribution in [0.2, 0.25) is 0 Å². The molecule has 8 nitrogen and oxygen atoms in total. The third kappa shape index (κ3) is 6.86. The monoisotopic (exact) mass is 484 g/mol. The van der Waals surface area contributed by atoms with Crippen molar-refractivity contribution in [2.75, 3.05) is 32.7 Å². The molecule has 0 atom stereocenters. The van der Waals surface area contributed by atoms with Gasteiger partial charge >= 0.3 is 11.9 Å². The van der Waals surface area contributed by atoms with Crippen molar-refractivity contribution in [3.63, 3.8) is 0 Å². The Morgan fingerprint density at radius 2 is 1.35 bits per heavy atom. The highest BCUT2D eigenvalue weighted by Gasteiger charge is 2.28. The molecule has 180 valence electrons. The molecule has 34 heavy (non-hydrogen) atoms. The van der Waals surface area contributed by atoms with E-state index in [2.05, 4.69) is 29.2 Å². The standard InChI is InChI=1S/C23H26N2O2S.C2H2O4/c26-28(27,23-13-12-21-10-4-5-11-22(21)19-23)25-17-15-24(16-18-25)14-6-9-20-7-2-1-3-8-20;3-1(4)2(5)6/h1-5,7-8,10-13,19H,6,9,14-18H2;(H,3,4)(H,5,6). The molecule has 3 aromatic rings. The molecular formula is C25H28N2O6S. The number of aliphatic carboxylic acids is 2. The van der Waals surface area contributed by atoms with Gasteiger partial charge in [-0.25, -0.2) is 18.0 Å². The van der Waals surface area contributed by atoms with Gasteiger partial charge in [-0.05, 0) is 47.9 Å².